The van der Waals surface area contributed by atoms with Gasteiger partial charge in [0.25, 0.3) is 0 Å². The van der Waals surface area contributed by atoms with Crippen LogP contribution in [0.2, 0.25) is 5.02 Å². The van der Waals surface area contributed by atoms with E-state index in [9.17, 15) is 4.79 Å². The third-order valence-electron chi connectivity index (χ3n) is 3.95. The molecule has 5 nitrogen and oxygen atoms in total. The molecule has 1 heterocycles. The lowest BCUT2D eigenvalue weighted by Crippen LogP contribution is -2.30. The molecule has 0 aliphatic heterocycles. The summed E-state index contributed by atoms with van der Waals surface area (Å²) in [6.45, 7) is 0.499. The molecule has 0 saturated heterocycles. The first kappa shape index (κ1) is 17.2. The standard InChI is InChI=1S/C19H19ClN4O/c20-17-9-5-4-8-16(17)12-18(15-6-2-1-3-7-15)23-19(25)10-11-24-14-21-13-22-24/h1-9,13-14,18H,10-12H2,(H,23,25). The Labute approximate surface area is 151 Å². The van der Waals surface area contributed by atoms with E-state index in [1.807, 2.05) is 54.6 Å². The van der Waals surface area contributed by atoms with Crippen LogP contribution in [0.3, 0.4) is 0 Å². The van der Waals surface area contributed by atoms with Crippen molar-refractivity contribution in [2.45, 2.75) is 25.4 Å². The lowest BCUT2D eigenvalue weighted by molar-refractivity contribution is -0.122. The van der Waals surface area contributed by atoms with Gasteiger partial charge in [-0.1, -0.05) is 60.1 Å². The van der Waals surface area contributed by atoms with E-state index < -0.39 is 0 Å². The molecule has 1 N–H and O–H groups in total. The highest BCUT2D eigenvalue weighted by Gasteiger charge is 2.16. The Bertz CT molecular complexity index is 805. The molecule has 0 radical (unpaired) electrons. The van der Waals surface area contributed by atoms with Crippen LogP contribution in [0.4, 0.5) is 0 Å². The van der Waals surface area contributed by atoms with Gasteiger partial charge in [-0.3, -0.25) is 9.48 Å². The third-order valence-corrected chi connectivity index (χ3v) is 4.32. The third kappa shape index (κ3) is 4.90. The fraction of sp³-hybridized carbons (Fsp3) is 0.211. The van der Waals surface area contributed by atoms with Gasteiger partial charge in [0, 0.05) is 11.4 Å². The molecule has 2 aromatic carbocycles. The average molecular weight is 355 g/mol. The van der Waals surface area contributed by atoms with Gasteiger partial charge in [0.05, 0.1) is 12.6 Å². The van der Waals surface area contributed by atoms with Crippen molar-refractivity contribution in [2.24, 2.45) is 0 Å². The van der Waals surface area contributed by atoms with E-state index in [4.69, 9.17) is 11.6 Å². The van der Waals surface area contributed by atoms with Crippen molar-refractivity contribution in [3.05, 3.63) is 83.4 Å². The van der Waals surface area contributed by atoms with E-state index in [0.717, 1.165) is 11.1 Å². The number of hydrogen-bond donors (Lipinski definition) is 1. The number of aryl methyl sites for hydroxylation is 1. The predicted molar refractivity (Wildman–Crippen MR) is 97.1 cm³/mol. The number of nitrogens with zero attached hydrogens (tertiary/aromatic N) is 3. The molecule has 0 saturated carbocycles. The molecule has 1 amide bonds. The van der Waals surface area contributed by atoms with E-state index in [1.165, 1.54) is 6.33 Å². The monoisotopic (exact) mass is 354 g/mol. The average Bonchev–Trinajstić information content (AvgIpc) is 3.15. The van der Waals surface area contributed by atoms with Crippen LogP contribution in [-0.4, -0.2) is 20.7 Å². The second-order valence-electron chi connectivity index (χ2n) is 5.73. The summed E-state index contributed by atoms with van der Waals surface area (Å²) in [5.74, 6) is -0.0311. The Morgan fingerprint density at radius 3 is 2.60 bits per heavy atom. The summed E-state index contributed by atoms with van der Waals surface area (Å²) in [4.78, 5) is 16.3. The fourth-order valence-electron chi connectivity index (χ4n) is 2.65. The number of halogens is 1. The summed E-state index contributed by atoms with van der Waals surface area (Å²) in [5.41, 5.74) is 2.06. The number of aromatic nitrogens is 3. The maximum absolute atomic E-state index is 12.4. The zero-order valence-electron chi connectivity index (χ0n) is 13.7. The maximum atomic E-state index is 12.4. The highest BCUT2D eigenvalue weighted by molar-refractivity contribution is 6.31. The Hall–Kier alpha value is -2.66. The molecule has 1 unspecified atom stereocenters. The van der Waals surface area contributed by atoms with Gasteiger partial charge in [0.1, 0.15) is 12.7 Å². The van der Waals surface area contributed by atoms with Crippen molar-refractivity contribution in [2.75, 3.05) is 0 Å². The van der Waals surface area contributed by atoms with Crippen LogP contribution in [0, 0.1) is 0 Å². The molecule has 6 heteroatoms. The first-order valence-electron chi connectivity index (χ1n) is 8.12. The van der Waals surface area contributed by atoms with Gasteiger partial charge in [0.15, 0.2) is 0 Å². The normalized spacial score (nSPS) is 11.9. The minimum absolute atomic E-state index is 0.0311. The highest BCUT2D eigenvalue weighted by atomic mass is 35.5. The van der Waals surface area contributed by atoms with E-state index in [1.54, 1.807) is 11.0 Å². The van der Waals surface area contributed by atoms with E-state index >= 15 is 0 Å². The molecule has 0 spiro atoms. The Morgan fingerprint density at radius 2 is 1.88 bits per heavy atom. The molecule has 0 aliphatic carbocycles. The van der Waals surface area contributed by atoms with Crippen LogP contribution in [-0.2, 0) is 17.8 Å². The molecule has 3 rings (SSSR count). The maximum Gasteiger partial charge on any atom is 0.222 e. The van der Waals surface area contributed by atoms with E-state index in [0.29, 0.717) is 24.4 Å². The summed E-state index contributed by atoms with van der Waals surface area (Å²) in [6, 6.07) is 17.5. The zero-order chi connectivity index (χ0) is 17.5. The number of hydrogen-bond acceptors (Lipinski definition) is 3. The molecule has 1 atom stereocenters. The minimum atomic E-state index is -0.135. The minimum Gasteiger partial charge on any atom is -0.349 e. The van der Waals surface area contributed by atoms with Gasteiger partial charge in [-0.05, 0) is 23.6 Å². The highest BCUT2D eigenvalue weighted by Crippen LogP contribution is 2.23. The summed E-state index contributed by atoms with van der Waals surface area (Å²) in [7, 11) is 0. The summed E-state index contributed by atoms with van der Waals surface area (Å²) >= 11 is 6.29. The van der Waals surface area contributed by atoms with Crippen LogP contribution in [0.15, 0.2) is 67.3 Å². The zero-order valence-corrected chi connectivity index (χ0v) is 14.4. The van der Waals surface area contributed by atoms with Crippen molar-refractivity contribution >= 4 is 17.5 Å². The van der Waals surface area contributed by atoms with Crippen molar-refractivity contribution < 1.29 is 4.79 Å². The molecule has 0 bridgehead atoms. The molecular weight excluding hydrogens is 336 g/mol. The van der Waals surface area contributed by atoms with Crippen molar-refractivity contribution in [1.29, 1.82) is 0 Å². The number of benzene rings is 2. The molecule has 128 valence electrons. The van der Waals surface area contributed by atoms with Crippen LogP contribution in [0.25, 0.3) is 0 Å². The predicted octanol–water partition coefficient (Wildman–Crippen LogP) is 3.42. The van der Waals surface area contributed by atoms with Gasteiger partial charge in [-0.15, -0.1) is 0 Å². The van der Waals surface area contributed by atoms with Gasteiger partial charge < -0.3 is 5.32 Å². The van der Waals surface area contributed by atoms with Gasteiger partial charge in [-0.2, -0.15) is 5.10 Å². The molecule has 0 aliphatic rings. The number of amides is 1. The lowest BCUT2D eigenvalue weighted by Gasteiger charge is -2.20. The second kappa shape index (κ2) is 8.44. The fourth-order valence-corrected chi connectivity index (χ4v) is 2.87. The first-order valence-corrected chi connectivity index (χ1v) is 8.50. The molecule has 25 heavy (non-hydrogen) atoms. The van der Waals surface area contributed by atoms with E-state index in [2.05, 4.69) is 15.4 Å². The molecule has 3 aromatic rings. The van der Waals surface area contributed by atoms with Crippen LogP contribution in [0.1, 0.15) is 23.6 Å². The smallest absolute Gasteiger partial charge is 0.222 e. The molecule has 1 aromatic heterocycles. The Morgan fingerprint density at radius 1 is 1.12 bits per heavy atom. The van der Waals surface area contributed by atoms with E-state index in [-0.39, 0.29) is 11.9 Å². The van der Waals surface area contributed by atoms with Crippen LogP contribution in [0.5, 0.6) is 0 Å². The number of rotatable bonds is 7. The van der Waals surface area contributed by atoms with Gasteiger partial charge in [-0.25, -0.2) is 4.98 Å². The summed E-state index contributed by atoms with van der Waals surface area (Å²) in [5, 5.41) is 7.83. The van der Waals surface area contributed by atoms with Gasteiger partial charge in [0.2, 0.25) is 5.91 Å². The quantitative estimate of drug-likeness (QED) is 0.707. The topological polar surface area (TPSA) is 59.8 Å². The van der Waals surface area contributed by atoms with Crippen LogP contribution >= 0.6 is 11.6 Å². The lowest BCUT2D eigenvalue weighted by atomic mass is 9.98. The molecular formula is C19H19ClN4O. The summed E-state index contributed by atoms with van der Waals surface area (Å²) < 4.78 is 1.64. The molecule has 0 fully saturated rings. The van der Waals surface area contributed by atoms with Crippen molar-refractivity contribution in [3.8, 4) is 0 Å². The second-order valence-corrected chi connectivity index (χ2v) is 6.14. The Balaban J connectivity index is 1.70. The largest absolute Gasteiger partial charge is 0.349 e. The van der Waals surface area contributed by atoms with Gasteiger partial charge >= 0.3 is 0 Å². The van der Waals surface area contributed by atoms with Crippen LogP contribution < -0.4 is 5.32 Å². The Kier molecular flexibility index (Phi) is 5.80. The van der Waals surface area contributed by atoms with Crippen molar-refractivity contribution in [3.63, 3.8) is 0 Å². The number of carbonyl (C=O) groups excluding carboxylic acids is 1. The number of carbonyl (C=O) groups is 1. The summed E-state index contributed by atoms with van der Waals surface area (Å²) in [6.07, 6.45) is 4.04. The SMILES string of the molecule is O=C(CCn1cncn1)NC(Cc1ccccc1Cl)c1ccccc1. The van der Waals surface area contributed by atoms with Crippen molar-refractivity contribution in [1.82, 2.24) is 20.1 Å². The number of nitrogens with one attached hydrogen (secondary N) is 1. The first-order chi connectivity index (χ1) is 12.2.